The van der Waals surface area contributed by atoms with Crippen LogP contribution in [-0.2, 0) is 0 Å². The van der Waals surface area contributed by atoms with Gasteiger partial charge < -0.3 is 9.47 Å². The van der Waals surface area contributed by atoms with E-state index in [-0.39, 0.29) is 5.78 Å². The maximum Gasteiger partial charge on any atom is 0.185 e. The Kier molecular flexibility index (Phi) is 6.11. The molecule has 3 rings (SSSR count). The zero-order valence-electron chi connectivity index (χ0n) is 15.5. The molecule has 0 amide bonds. The van der Waals surface area contributed by atoms with Gasteiger partial charge in [-0.1, -0.05) is 49.6 Å². The minimum absolute atomic E-state index is 0.00183. The fourth-order valence-corrected chi connectivity index (χ4v) is 3.55. The highest BCUT2D eigenvalue weighted by molar-refractivity contribution is 6.06. The van der Waals surface area contributed by atoms with Crippen molar-refractivity contribution in [2.24, 2.45) is 0 Å². The number of methoxy groups -OCH3 is 2. The smallest absolute Gasteiger partial charge is 0.185 e. The maximum absolute atomic E-state index is 12.5. The van der Waals surface area contributed by atoms with Crippen LogP contribution in [0.5, 0.6) is 11.5 Å². The minimum atomic E-state index is 0.00183. The third-order valence-electron chi connectivity index (χ3n) is 5.07. The van der Waals surface area contributed by atoms with E-state index in [1.165, 1.54) is 37.7 Å². The fourth-order valence-electron chi connectivity index (χ4n) is 3.55. The molecule has 1 saturated carbocycles. The van der Waals surface area contributed by atoms with Crippen LogP contribution in [0.15, 0.2) is 48.5 Å². The van der Waals surface area contributed by atoms with E-state index in [0.717, 1.165) is 11.1 Å². The van der Waals surface area contributed by atoms with Gasteiger partial charge in [0.15, 0.2) is 5.78 Å². The van der Waals surface area contributed by atoms with Crippen molar-refractivity contribution in [1.29, 1.82) is 0 Å². The van der Waals surface area contributed by atoms with Crippen molar-refractivity contribution >= 4 is 11.9 Å². The van der Waals surface area contributed by atoms with E-state index in [1.807, 2.05) is 30.3 Å². The molecule has 0 aliphatic heterocycles. The predicted octanol–water partition coefficient (Wildman–Crippen LogP) is 5.65. The Bertz CT molecular complexity index is 746. The second-order valence-electron chi connectivity index (χ2n) is 6.80. The number of hydrogen-bond acceptors (Lipinski definition) is 3. The summed E-state index contributed by atoms with van der Waals surface area (Å²) < 4.78 is 10.5. The van der Waals surface area contributed by atoms with Crippen LogP contribution in [0.3, 0.4) is 0 Å². The molecule has 0 aromatic heterocycles. The lowest BCUT2D eigenvalue weighted by molar-refractivity contribution is 0.104. The van der Waals surface area contributed by atoms with E-state index in [9.17, 15) is 4.79 Å². The zero-order chi connectivity index (χ0) is 18.4. The minimum Gasteiger partial charge on any atom is -0.497 e. The van der Waals surface area contributed by atoms with Crippen molar-refractivity contribution in [2.45, 2.75) is 38.0 Å². The van der Waals surface area contributed by atoms with Crippen molar-refractivity contribution in [2.75, 3.05) is 14.2 Å². The number of ketones is 1. The highest BCUT2D eigenvalue weighted by Crippen LogP contribution is 2.32. The van der Waals surface area contributed by atoms with E-state index < -0.39 is 0 Å². The monoisotopic (exact) mass is 350 g/mol. The molecule has 0 N–H and O–H groups in total. The van der Waals surface area contributed by atoms with Gasteiger partial charge in [0.2, 0.25) is 0 Å². The fraction of sp³-hybridized carbons (Fsp3) is 0.348. The van der Waals surface area contributed by atoms with Gasteiger partial charge in [0.05, 0.1) is 14.2 Å². The Morgan fingerprint density at radius 3 is 2.12 bits per heavy atom. The molecule has 0 atom stereocenters. The molecule has 3 nitrogen and oxygen atoms in total. The van der Waals surface area contributed by atoms with Crippen LogP contribution < -0.4 is 9.47 Å². The summed E-state index contributed by atoms with van der Waals surface area (Å²) in [5, 5.41) is 0. The first-order valence-corrected chi connectivity index (χ1v) is 9.25. The van der Waals surface area contributed by atoms with Gasteiger partial charge in [-0.15, -0.1) is 0 Å². The van der Waals surface area contributed by atoms with Gasteiger partial charge in [-0.3, -0.25) is 4.79 Å². The van der Waals surface area contributed by atoms with Crippen molar-refractivity contribution in [1.82, 2.24) is 0 Å². The van der Waals surface area contributed by atoms with Crippen molar-refractivity contribution in [3.63, 3.8) is 0 Å². The quantitative estimate of drug-likeness (QED) is 0.499. The molecule has 0 bridgehead atoms. The number of carbonyl (C=O) groups excluding carboxylic acids is 1. The van der Waals surface area contributed by atoms with Crippen molar-refractivity contribution < 1.29 is 14.3 Å². The van der Waals surface area contributed by atoms with E-state index in [1.54, 1.807) is 26.4 Å². The van der Waals surface area contributed by atoms with E-state index in [2.05, 4.69) is 12.1 Å². The maximum atomic E-state index is 12.5. The average molecular weight is 350 g/mol. The molecule has 1 fully saturated rings. The molecule has 0 saturated heterocycles. The molecule has 1 aliphatic rings. The van der Waals surface area contributed by atoms with Gasteiger partial charge in [0, 0.05) is 11.6 Å². The summed E-state index contributed by atoms with van der Waals surface area (Å²) in [7, 11) is 3.22. The second-order valence-corrected chi connectivity index (χ2v) is 6.80. The normalized spacial score (nSPS) is 15.2. The average Bonchev–Trinajstić information content (AvgIpc) is 2.72. The highest BCUT2D eigenvalue weighted by Gasteiger charge is 2.15. The Labute approximate surface area is 155 Å². The summed E-state index contributed by atoms with van der Waals surface area (Å²) in [6, 6.07) is 13.7. The van der Waals surface area contributed by atoms with E-state index in [4.69, 9.17) is 9.47 Å². The van der Waals surface area contributed by atoms with Crippen LogP contribution in [-0.4, -0.2) is 20.0 Å². The van der Waals surface area contributed by atoms with E-state index >= 15 is 0 Å². The van der Waals surface area contributed by atoms with Gasteiger partial charge >= 0.3 is 0 Å². The van der Waals surface area contributed by atoms with Crippen LogP contribution in [0, 0.1) is 0 Å². The number of rotatable bonds is 6. The van der Waals surface area contributed by atoms with Gasteiger partial charge in [-0.2, -0.15) is 0 Å². The van der Waals surface area contributed by atoms with Crippen LogP contribution in [0.4, 0.5) is 0 Å². The van der Waals surface area contributed by atoms with Gasteiger partial charge in [0.1, 0.15) is 11.5 Å². The lowest BCUT2D eigenvalue weighted by Crippen LogP contribution is -2.05. The molecule has 0 spiro atoms. The molecule has 3 heteroatoms. The Morgan fingerprint density at radius 1 is 0.923 bits per heavy atom. The Hall–Kier alpha value is -2.55. The second kappa shape index (κ2) is 8.70. The first-order chi connectivity index (χ1) is 12.7. The molecule has 0 radical (unpaired) electrons. The van der Waals surface area contributed by atoms with Gasteiger partial charge in [-0.25, -0.2) is 0 Å². The number of benzene rings is 2. The standard InChI is InChI=1S/C23H26O3/c1-25-21-14-17(15-22(16-21)26-2)8-13-23(24)20-11-9-19(10-12-20)18-6-4-3-5-7-18/h8-16,18H,3-7H2,1-2H3. The molecule has 136 valence electrons. The zero-order valence-corrected chi connectivity index (χ0v) is 15.5. The number of ether oxygens (including phenoxy) is 2. The highest BCUT2D eigenvalue weighted by atomic mass is 16.5. The number of carbonyl (C=O) groups is 1. The lowest BCUT2D eigenvalue weighted by Gasteiger charge is -2.21. The summed E-state index contributed by atoms with van der Waals surface area (Å²) in [4.78, 5) is 12.5. The molecular formula is C23H26O3. The largest absolute Gasteiger partial charge is 0.497 e. The SMILES string of the molecule is COc1cc(C=CC(=O)c2ccc(C3CCCCC3)cc2)cc(OC)c1. The molecule has 26 heavy (non-hydrogen) atoms. The Balaban J connectivity index is 1.70. The molecular weight excluding hydrogens is 324 g/mol. The summed E-state index contributed by atoms with van der Waals surface area (Å²) >= 11 is 0. The van der Waals surface area contributed by atoms with Gasteiger partial charge in [0.25, 0.3) is 0 Å². The van der Waals surface area contributed by atoms with Crippen LogP contribution in [0.1, 0.15) is 59.5 Å². The predicted molar refractivity (Wildman–Crippen MR) is 105 cm³/mol. The van der Waals surface area contributed by atoms with Crippen molar-refractivity contribution in [3.05, 3.63) is 65.2 Å². The summed E-state index contributed by atoms with van der Waals surface area (Å²) in [5.41, 5.74) is 2.95. The molecule has 1 aliphatic carbocycles. The molecule has 2 aromatic carbocycles. The summed E-state index contributed by atoms with van der Waals surface area (Å²) in [6.45, 7) is 0. The number of allylic oxidation sites excluding steroid dienone is 1. The van der Waals surface area contributed by atoms with E-state index in [0.29, 0.717) is 17.4 Å². The molecule has 0 heterocycles. The van der Waals surface area contributed by atoms with Crippen LogP contribution >= 0.6 is 0 Å². The summed E-state index contributed by atoms with van der Waals surface area (Å²) in [6.07, 6.45) is 9.92. The summed E-state index contributed by atoms with van der Waals surface area (Å²) in [5.74, 6) is 2.07. The molecule has 0 unspecified atom stereocenters. The third-order valence-corrected chi connectivity index (χ3v) is 5.07. The van der Waals surface area contributed by atoms with Crippen molar-refractivity contribution in [3.8, 4) is 11.5 Å². The third kappa shape index (κ3) is 4.54. The van der Waals surface area contributed by atoms with Crippen LogP contribution in [0.2, 0.25) is 0 Å². The number of hydrogen-bond donors (Lipinski definition) is 0. The molecule has 2 aromatic rings. The van der Waals surface area contributed by atoms with Gasteiger partial charge in [-0.05, 0) is 48.1 Å². The van der Waals surface area contributed by atoms with Crippen LogP contribution in [0.25, 0.3) is 6.08 Å². The lowest BCUT2D eigenvalue weighted by atomic mass is 9.84. The first kappa shape index (κ1) is 18.2. The Morgan fingerprint density at radius 2 is 1.54 bits per heavy atom. The topological polar surface area (TPSA) is 35.5 Å². The first-order valence-electron chi connectivity index (χ1n) is 9.25.